The van der Waals surface area contributed by atoms with Crippen molar-refractivity contribution < 1.29 is 15.0 Å². The van der Waals surface area contributed by atoms with Crippen LogP contribution in [0.5, 0.6) is 0 Å². The van der Waals surface area contributed by atoms with Crippen LogP contribution in [-0.4, -0.2) is 61.5 Å². The molecule has 27 heavy (non-hydrogen) atoms. The van der Waals surface area contributed by atoms with Gasteiger partial charge in [-0.1, -0.05) is 0 Å². The van der Waals surface area contributed by atoms with Crippen molar-refractivity contribution in [1.82, 2.24) is 25.3 Å². The number of nitrogen functional groups attached to an aromatic ring is 1. The van der Waals surface area contributed by atoms with E-state index in [1.165, 1.54) is 0 Å². The Bertz CT molecular complexity index is 990. The summed E-state index contributed by atoms with van der Waals surface area (Å²) in [6, 6.07) is 3.17. The molecule has 2 atom stereocenters. The van der Waals surface area contributed by atoms with Gasteiger partial charge in [0, 0.05) is 37.2 Å². The Morgan fingerprint density at radius 2 is 2.15 bits per heavy atom. The molecule has 4 rings (SSSR count). The maximum Gasteiger partial charge on any atom is 0.404 e. The number of hydrogen-bond donors (Lipinski definition) is 5. The van der Waals surface area contributed by atoms with Gasteiger partial charge in [0.2, 0.25) is 5.95 Å². The Kier molecular flexibility index (Phi) is 4.24. The van der Waals surface area contributed by atoms with Gasteiger partial charge in [-0.05, 0) is 18.6 Å². The fourth-order valence-corrected chi connectivity index (χ4v) is 3.51. The molecule has 0 unspecified atom stereocenters. The molecular formula is C17H19N7O3. The number of β-amino-alcohol motifs (C(OH)–C–C–N with tert-alkyl or cyclic N) is 1. The molecule has 10 heteroatoms. The highest BCUT2D eigenvalue weighted by atomic mass is 16.4. The van der Waals surface area contributed by atoms with Crippen molar-refractivity contribution in [3.05, 3.63) is 30.7 Å². The van der Waals surface area contributed by atoms with Gasteiger partial charge in [0.1, 0.15) is 5.65 Å². The normalized spacial score (nSPS) is 20.0. The lowest BCUT2D eigenvalue weighted by molar-refractivity contribution is 0.108. The monoisotopic (exact) mass is 369 g/mol. The largest absolute Gasteiger partial charge is 0.465 e. The number of nitrogens with zero attached hydrogens (tertiary/aromatic N) is 4. The van der Waals surface area contributed by atoms with Gasteiger partial charge < -0.3 is 31.1 Å². The molecule has 1 aliphatic rings. The van der Waals surface area contributed by atoms with E-state index in [0.717, 1.165) is 16.6 Å². The number of aromatic amines is 1. The first-order chi connectivity index (χ1) is 13.0. The minimum absolute atomic E-state index is 0.184. The molecule has 0 spiro atoms. The van der Waals surface area contributed by atoms with E-state index in [2.05, 4.69) is 25.3 Å². The van der Waals surface area contributed by atoms with Crippen LogP contribution < -0.4 is 16.0 Å². The van der Waals surface area contributed by atoms with E-state index in [4.69, 9.17) is 10.8 Å². The number of carboxylic acid groups (broad SMARTS) is 1. The molecule has 1 amide bonds. The third-order valence-electron chi connectivity index (χ3n) is 4.73. The number of fused-ring (bicyclic) bond motifs is 1. The first-order valence-corrected chi connectivity index (χ1v) is 8.50. The van der Waals surface area contributed by atoms with Crippen molar-refractivity contribution in [2.75, 3.05) is 23.7 Å². The number of nitrogens with one attached hydrogen (secondary N) is 2. The van der Waals surface area contributed by atoms with Crippen LogP contribution >= 0.6 is 0 Å². The number of rotatable bonds is 3. The average molecular weight is 369 g/mol. The summed E-state index contributed by atoms with van der Waals surface area (Å²) in [5, 5.41) is 22.5. The predicted octanol–water partition coefficient (Wildman–Crippen LogP) is 0.809. The molecule has 0 radical (unpaired) electrons. The zero-order valence-electron chi connectivity index (χ0n) is 14.3. The van der Waals surface area contributed by atoms with E-state index >= 15 is 0 Å². The second kappa shape index (κ2) is 6.72. The number of aliphatic hydroxyl groups excluding tert-OH is 1. The van der Waals surface area contributed by atoms with Crippen molar-refractivity contribution in [2.45, 2.75) is 18.6 Å². The van der Waals surface area contributed by atoms with Crippen molar-refractivity contribution in [2.24, 2.45) is 0 Å². The number of piperidine rings is 1. The van der Waals surface area contributed by atoms with Crippen LogP contribution in [-0.2, 0) is 0 Å². The van der Waals surface area contributed by atoms with E-state index in [1.807, 2.05) is 17.2 Å². The molecule has 1 saturated heterocycles. The summed E-state index contributed by atoms with van der Waals surface area (Å²) >= 11 is 0. The standard InChI is InChI=1S/C17H19N7O3/c18-16-20-4-1-10(22-16)9-7-21-15-14(9)12(2-5-19-15)24-6-3-11(13(25)8-24)23-17(26)27/h1-2,4-5,7,11,13,23,25H,3,6,8H2,(H,19,21)(H,26,27)(H2,18,20,22)/t11-,13+/m0/s1. The highest BCUT2D eigenvalue weighted by Crippen LogP contribution is 2.35. The molecule has 140 valence electrons. The van der Waals surface area contributed by atoms with E-state index in [-0.39, 0.29) is 5.95 Å². The maximum absolute atomic E-state index is 10.9. The molecule has 0 saturated carbocycles. The van der Waals surface area contributed by atoms with Gasteiger partial charge in [-0.2, -0.15) is 0 Å². The molecular weight excluding hydrogens is 350 g/mol. The summed E-state index contributed by atoms with van der Waals surface area (Å²) in [6.07, 6.45) is 3.66. The molecule has 1 aliphatic heterocycles. The maximum atomic E-state index is 10.9. The quantitative estimate of drug-likeness (QED) is 0.454. The Balaban J connectivity index is 1.71. The number of pyridine rings is 1. The van der Waals surface area contributed by atoms with Gasteiger partial charge in [0.15, 0.2) is 0 Å². The molecule has 3 aromatic rings. The smallest absolute Gasteiger partial charge is 0.404 e. The number of hydrogen-bond acceptors (Lipinski definition) is 7. The lowest BCUT2D eigenvalue weighted by Gasteiger charge is -2.37. The number of amides is 1. The first-order valence-electron chi connectivity index (χ1n) is 8.50. The number of anilines is 2. The number of carbonyl (C=O) groups is 1. The number of aromatic nitrogens is 4. The predicted molar refractivity (Wildman–Crippen MR) is 99.3 cm³/mol. The third-order valence-corrected chi connectivity index (χ3v) is 4.73. The highest BCUT2D eigenvalue weighted by Gasteiger charge is 2.30. The van der Waals surface area contributed by atoms with Gasteiger partial charge >= 0.3 is 6.09 Å². The minimum atomic E-state index is -1.13. The molecule has 0 aromatic carbocycles. The van der Waals surface area contributed by atoms with Crippen LogP contribution in [0.2, 0.25) is 0 Å². The van der Waals surface area contributed by atoms with Crippen molar-refractivity contribution in [1.29, 1.82) is 0 Å². The Hall–Kier alpha value is -3.40. The lowest BCUT2D eigenvalue weighted by atomic mass is 10.0. The summed E-state index contributed by atoms with van der Waals surface area (Å²) in [6.45, 7) is 0.901. The van der Waals surface area contributed by atoms with Gasteiger partial charge in [-0.3, -0.25) is 0 Å². The van der Waals surface area contributed by atoms with E-state index in [1.54, 1.807) is 18.5 Å². The van der Waals surface area contributed by atoms with Crippen LogP contribution in [0.4, 0.5) is 16.4 Å². The van der Waals surface area contributed by atoms with Crippen LogP contribution in [0, 0.1) is 0 Å². The lowest BCUT2D eigenvalue weighted by Crippen LogP contribution is -2.54. The fourth-order valence-electron chi connectivity index (χ4n) is 3.51. The molecule has 4 heterocycles. The van der Waals surface area contributed by atoms with Crippen LogP contribution in [0.1, 0.15) is 6.42 Å². The average Bonchev–Trinajstić information content (AvgIpc) is 3.07. The van der Waals surface area contributed by atoms with Gasteiger partial charge in [-0.15, -0.1) is 0 Å². The zero-order valence-corrected chi connectivity index (χ0v) is 14.3. The van der Waals surface area contributed by atoms with Crippen LogP contribution in [0.3, 0.4) is 0 Å². The topological polar surface area (TPSA) is 153 Å². The second-order valence-corrected chi connectivity index (χ2v) is 6.41. The Labute approximate surface area is 154 Å². The molecule has 1 fully saturated rings. The zero-order chi connectivity index (χ0) is 19.0. The summed E-state index contributed by atoms with van der Waals surface area (Å²) in [5.74, 6) is 0.184. The van der Waals surface area contributed by atoms with Crippen LogP contribution in [0.25, 0.3) is 22.3 Å². The summed E-state index contributed by atoms with van der Waals surface area (Å²) in [7, 11) is 0. The molecule has 10 nitrogen and oxygen atoms in total. The van der Waals surface area contributed by atoms with Crippen LogP contribution in [0.15, 0.2) is 30.7 Å². The van der Waals surface area contributed by atoms with E-state index in [9.17, 15) is 9.90 Å². The van der Waals surface area contributed by atoms with Crippen molar-refractivity contribution >= 4 is 28.8 Å². The van der Waals surface area contributed by atoms with Crippen molar-refractivity contribution in [3.8, 4) is 11.3 Å². The first kappa shape index (κ1) is 17.0. The third kappa shape index (κ3) is 3.22. The highest BCUT2D eigenvalue weighted by molar-refractivity contribution is 6.02. The fraction of sp³-hybridized carbons (Fsp3) is 0.294. The SMILES string of the molecule is Nc1nccc(-c2c[nH]c3nccc(N4CC[C@H](NC(=O)O)[C@H](O)C4)c23)n1. The van der Waals surface area contributed by atoms with E-state index in [0.29, 0.717) is 30.9 Å². The van der Waals surface area contributed by atoms with Gasteiger partial charge in [0.05, 0.1) is 28.9 Å². The Morgan fingerprint density at radius 1 is 1.33 bits per heavy atom. The van der Waals surface area contributed by atoms with Crippen molar-refractivity contribution in [3.63, 3.8) is 0 Å². The van der Waals surface area contributed by atoms with Gasteiger partial charge in [0.25, 0.3) is 0 Å². The molecule has 6 N–H and O–H groups in total. The van der Waals surface area contributed by atoms with Gasteiger partial charge in [-0.25, -0.2) is 19.7 Å². The molecule has 3 aromatic heterocycles. The summed E-state index contributed by atoms with van der Waals surface area (Å²) in [4.78, 5) is 28.6. The number of nitrogens with two attached hydrogens (primary N) is 1. The number of H-pyrrole nitrogens is 1. The summed E-state index contributed by atoms with van der Waals surface area (Å²) in [5.41, 5.74) is 8.81. The second-order valence-electron chi connectivity index (χ2n) is 6.41. The molecule has 0 bridgehead atoms. The number of aliphatic hydroxyl groups is 1. The summed E-state index contributed by atoms with van der Waals surface area (Å²) < 4.78 is 0. The minimum Gasteiger partial charge on any atom is -0.465 e. The van der Waals surface area contributed by atoms with E-state index < -0.39 is 18.2 Å². The molecule has 0 aliphatic carbocycles. The Morgan fingerprint density at radius 3 is 2.89 bits per heavy atom.